The van der Waals surface area contributed by atoms with Crippen molar-refractivity contribution in [2.45, 2.75) is 104 Å². The van der Waals surface area contributed by atoms with E-state index < -0.39 is 23.2 Å². The van der Waals surface area contributed by atoms with Crippen LogP contribution in [-0.4, -0.2) is 78.0 Å². The molecule has 1 atom stereocenters. The number of amides is 4. The third-order valence-electron chi connectivity index (χ3n) is 11.4. The molecule has 0 spiro atoms. The number of nitrogens with zero attached hydrogens (tertiary/aromatic N) is 4. The Kier molecular flexibility index (Phi) is 14.9. The Labute approximate surface area is 364 Å². The van der Waals surface area contributed by atoms with E-state index in [1.54, 1.807) is 17.0 Å². The molecule has 1 saturated carbocycles. The highest BCUT2D eigenvalue weighted by atomic mass is 16.6. The van der Waals surface area contributed by atoms with Gasteiger partial charge in [0.25, 0.3) is 0 Å². The fraction of sp³-hybridized carbons (Fsp3) is 0.500. The van der Waals surface area contributed by atoms with Crippen molar-refractivity contribution in [2.24, 2.45) is 38.9 Å². The highest BCUT2D eigenvalue weighted by Gasteiger charge is 2.32. The number of ether oxygens (including phenoxy) is 2. The minimum atomic E-state index is -0.624. The van der Waals surface area contributed by atoms with Gasteiger partial charge in [-0.05, 0) is 134 Å². The number of nitrogens with one attached hydrogen (secondary N) is 3. The van der Waals surface area contributed by atoms with Gasteiger partial charge in [0, 0.05) is 66.3 Å². The number of azo groups is 1. The van der Waals surface area contributed by atoms with Gasteiger partial charge in [-0.3, -0.25) is 14.4 Å². The fourth-order valence-electron chi connectivity index (χ4n) is 8.06. The topological polar surface area (TPSA) is 180 Å². The fourth-order valence-corrected chi connectivity index (χ4v) is 8.06. The normalized spacial score (nSPS) is 18.6. The second-order valence-corrected chi connectivity index (χ2v) is 18.6. The third kappa shape index (κ3) is 13.3. The molecule has 2 heterocycles. The lowest BCUT2D eigenvalue weighted by atomic mass is 9.77. The second kappa shape index (κ2) is 20.3. The zero-order chi connectivity index (χ0) is 44.4. The van der Waals surface area contributed by atoms with Crippen molar-refractivity contribution < 1.29 is 33.4 Å². The summed E-state index contributed by atoms with van der Waals surface area (Å²) in [6.07, 6.45) is 3.74. The van der Waals surface area contributed by atoms with Gasteiger partial charge in [-0.25, -0.2) is 14.6 Å². The predicted molar refractivity (Wildman–Crippen MR) is 239 cm³/mol. The largest absolute Gasteiger partial charge is 0.444 e. The molecule has 2 aliphatic heterocycles. The number of carbonyl (C=O) groups excluding carboxylic acids is 5. The molecule has 14 nitrogen and oxygen atoms in total. The molecule has 0 unspecified atom stereocenters. The van der Waals surface area contributed by atoms with E-state index in [0.29, 0.717) is 75.6 Å². The zero-order valence-electron chi connectivity index (χ0n) is 36.9. The number of likely N-dealkylation sites (tertiary alicyclic amines) is 1. The maximum atomic E-state index is 14.0. The predicted octanol–water partition coefficient (Wildman–Crippen LogP) is 9.20. The van der Waals surface area contributed by atoms with E-state index in [0.717, 1.165) is 35.1 Å². The number of hydrogen-bond acceptors (Lipinski definition) is 10. The van der Waals surface area contributed by atoms with Gasteiger partial charge in [-0.15, -0.1) is 5.11 Å². The van der Waals surface area contributed by atoms with Crippen LogP contribution >= 0.6 is 0 Å². The number of hydrogen-bond donors (Lipinski definition) is 3. The molecule has 1 aliphatic carbocycles. The van der Waals surface area contributed by atoms with Crippen molar-refractivity contribution >= 4 is 47.0 Å². The Hall–Kier alpha value is -5.92. The monoisotopic (exact) mass is 847 g/mol. The van der Waals surface area contributed by atoms with Crippen LogP contribution in [0.4, 0.5) is 21.0 Å². The van der Waals surface area contributed by atoms with E-state index in [1.165, 1.54) is 0 Å². The van der Waals surface area contributed by atoms with Crippen molar-refractivity contribution in [1.82, 2.24) is 10.2 Å². The van der Waals surface area contributed by atoms with Crippen LogP contribution in [0, 0.1) is 23.7 Å². The van der Waals surface area contributed by atoms with Crippen LogP contribution in [0.5, 0.6) is 0 Å². The molecule has 62 heavy (non-hydrogen) atoms. The summed E-state index contributed by atoms with van der Waals surface area (Å²) in [5, 5.41) is 17.0. The summed E-state index contributed by atoms with van der Waals surface area (Å²) in [7, 11) is 0. The van der Waals surface area contributed by atoms with Gasteiger partial charge in [0.1, 0.15) is 17.0 Å². The first-order chi connectivity index (χ1) is 29.5. The van der Waals surface area contributed by atoms with Crippen LogP contribution in [0.2, 0.25) is 0 Å². The Balaban J connectivity index is 1.09. The summed E-state index contributed by atoms with van der Waals surface area (Å²) in [5.74, 6) is -0.476. The van der Waals surface area contributed by atoms with Crippen molar-refractivity contribution in [3.8, 4) is 11.1 Å². The van der Waals surface area contributed by atoms with Crippen LogP contribution in [0.1, 0.15) is 97.6 Å². The summed E-state index contributed by atoms with van der Waals surface area (Å²) in [6, 6.07) is 22.8. The lowest BCUT2D eigenvalue weighted by Gasteiger charge is -2.33. The first-order valence-electron chi connectivity index (χ1n) is 21.8. The Morgan fingerprint density at radius 2 is 1.39 bits per heavy atom. The van der Waals surface area contributed by atoms with Crippen molar-refractivity contribution in [3.63, 3.8) is 0 Å². The Morgan fingerprint density at radius 1 is 0.742 bits per heavy atom. The second-order valence-electron chi connectivity index (χ2n) is 18.6. The number of alkyl carbamates (subject to hydrolysis) is 1. The highest BCUT2D eigenvalue weighted by Crippen LogP contribution is 2.33. The van der Waals surface area contributed by atoms with Crippen LogP contribution < -0.4 is 16.0 Å². The average molecular weight is 848 g/mol. The van der Waals surface area contributed by atoms with Gasteiger partial charge >= 0.3 is 12.2 Å². The average Bonchev–Trinajstić information content (AvgIpc) is 3.78. The number of Topliss-reactive ketones (excluding diaryl/α,β-unsaturated/α-hetero) is 1. The summed E-state index contributed by atoms with van der Waals surface area (Å²) >= 11 is 0. The van der Waals surface area contributed by atoms with Crippen LogP contribution in [0.25, 0.3) is 11.1 Å². The Morgan fingerprint density at radius 3 is 2.02 bits per heavy atom. The number of piperidine rings is 1. The molecule has 0 radical (unpaired) electrons. The van der Waals surface area contributed by atoms with Gasteiger partial charge in [0.2, 0.25) is 11.8 Å². The molecular weight excluding hydrogens is 787 g/mol. The number of amidine groups is 1. The molecule has 330 valence electrons. The molecule has 3 N–H and O–H groups in total. The van der Waals surface area contributed by atoms with E-state index in [-0.39, 0.29) is 47.9 Å². The van der Waals surface area contributed by atoms with E-state index in [1.807, 2.05) is 102 Å². The smallest absolute Gasteiger partial charge is 0.410 e. The summed E-state index contributed by atoms with van der Waals surface area (Å²) in [5.41, 5.74) is 3.59. The van der Waals surface area contributed by atoms with Gasteiger partial charge in [0.05, 0.1) is 0 Å². The molecule has 6 rings (SSSR count). The molecule has 0 aromatic heterocycles. The van der Waals surface area contributed by atoms with Crippen molar-refractivity contribution in [1.29, 1.82) is 0 Å². The van der Waals surface area contributed by atoms with E-state index in [2.05, 4.69) is 31.2 Å². The van der Waals surface area contributed by atoms with Gasteiger partial charge in [0.15, 0.2) is 12.5 Å². The minimum Gasteiger partial charge on any atom is -0.444 e. The number of para-hydroxylation sites is 1. The molecule has 14 heteroatoms. The third-order valence-corrected chi connectivity index (χ3v) is 11.4. The standard InChI is InChI=1S/C48H61N7O7/c1-47(2,3)61-45(59)49-29-32-13-17-34(18-14-32)41(56)28-37(44(58)52-38-21-19-35(20-22-38)42-50-30-51-54-42)27-31-11-15-33(16-12-31)39-9-7-8-10-40(39)53-43(57)36-23-25-55(26-24-36)46(60)62-48(4,5)6/h7-12,15-16,19-22,32,34,36-37H,13-14,17-18,23-30H2,1-6H3,(H,49,59)(H,52,58)(H,53,57)/t32?,34?,37-/m1/s1. The number of aliphatic imine (C=N–C) groups is 1. The number of rotatable bonds is 13. The van der Waals surface area contributed by atoms with E-state index in [4.69, 9.17) is 9.47 Å². The van der Waals surface area contributed by atoms with Crippen LogP contribution in [0.3, 0.4) is 0 Å². The maximum Gasteiger partial charge on any atom is 0.410 e. The molecule has 4 amide bonds. The molecule has 0 bridgehead atoms. The van der Waals surface area contributed by atoms with E-state index >= 15 is 0 Å². The molecule has 3 aromatic rings. The molecule has 3 aromatic carbocycles. The van der Waals surface area contributed by atoms with Gasteiger partial charge in [-0.1, -0.05) is 42.5 Å². The van der Waals surface area contributed by atoms with Crippen LogP contribution in [0.15, 0.2) is 88.0 Å². The number of carbonyl (C=O) groups is 5. The van der Waals surface area contributed by atoms with Crippen molar-refractivity contribution in [2.75, 3.05) is 36.9 Å². The lowest BCUT2D eigenvalue weighted by Crippen LogP contribution is -2.43. The quantitative estimate of drug-likeness (QED) is 0.153. The molecule has 2 fully saturated rings. The van der Waals surface area contributed by atoms with E-state index in [9.17, 15) is 24.0 Å². The number of benzene rings is 3. The lowest BCUT2D eigenvalue weighted by molar-refractivity contribution is -0.129. The van der Waals surface area contributed by atoms with Crippen LogP contribution in [-0.2, 0) is 30.3 Å². The van der Waals surface area contributed by atoms with Gasteiger partial charge < -0.3 is 30.3 Å². The summed E-state index contributed by atoms with van der Waals surface area (Å²) in [4.78, 5) is 72.1. The first kappa shape index (κ1) is 45.6. The molecule has 1 saturated heterocycles. The molecule has 3 aliphatic rings. The minimum absolute atomic E-state index is 0.0699. The number of anilines is 2. The number of ketones is 1. The highest BCUT2D eigenvalue weighted by molar-refractivity contribution is 6.01. The van der Waals surface area contributed by atoms with Gasteiger partial charge in [-0.2, -0.15) is 5.11 Å². The summed E-state index contributed by atoms with van der Waals surface area (Å²) in [6.45, 7) is 12.7. The Bertz CT molecular complexity index is 2120. The van der Waals surface area contributed by atoms with Crippen molar-refractivity contribution in [3.05, 3.63) is 83.9 Å². The molecular formula is C48H61N7O7. The SMILES string of the molecule is CC(C)(C)OC(=O)NCC1CCC(C(=O)C[C@@H](Cc2ccc(-c3ccccc3NC(=O)C3CCN(C(=O)OC(C)(C)C)CC3)cc2)C(=O)Nc2ccc(C3=NCN=N3)cc2)CC1. The first-order valence-corrected chi connectivity index (χ1v) is 21.8. The summed E-state index contributed by atoms with van der Waals surface area (Å²) < 4.78 is 10.9. The zero-order valence-corrected chi connectivity index (χ0v) is 36.9. The maximum absolute atomic E-state index is 14.0.